The third-order valence-corrected chi connectivity index (χ3v) is 4.05. The molecule has 6 nitrogen and oxygen atoms in total. The standard InChI is InChI=1S/C13H15N3O3S/c1-10-3-5-12(9-14-10)20(17,18)16-8-11-4-6-13(19-2)15-7-11/h3-7,9,16H,8H2,1-2H3. The Kier molecular flexibility index (Phi) is 4.31. The highest BCUT2D eigenvalue weighted by atomic mass is 32.2. The number of nitrogens with zero attached hydrogens (tertiary/aromatic N) is 2. The molecular weight excluding hydrogens is 278 g/mol. The number of methoxy groups -OCH3 is 1. The minimum absolute atomic E-state index is 0.143. The molecule has 0 atom stereocenters. The summed E-state index contributed by atoms with van der Waals surface area (Å²) < 4.78 is 31.5. The van der Waals surface area contributed by atoms with E-state index in [1.807, 2.05) is 0 Å². The lowest BCUT2D eigenvalue weighted by atomic mass is 10.3. The van der Waals surface area contributed by atoms with Crippen molar-refractivity contribution in [2.24, 2.45) is 0 Å². The Labute approximate surface area is 117 Å². The van der Waals surface area contributed by atoms with E-state index in [-0.39, 0.29) is 11.4 Å². The van der Waals surface area contributed by atoms with Crippen molar-refractivity contribution >= 4 is 10.0 Å². The molecule has 0 aliphatic heterocycles. The van der Waals surface area contributed by atoms with Gasteiger partial charge in [-0.05, 0) is 24.6 Å². The third kappa shape index (κ3) is 3.52. The topological polar surface area (TPSA) is 81.2 Å². The van der Waals surface area contributed by atoms with Crippen molar-refractivity contribution in [3.05, 3.63) is 47.9 Å². The lowest BCUT2D eigenvalue weighted by Crippen LogP contribution is -2.23. The van der Waals surface area contributed by atoms with Crippen LogP contribution in [0.25, 0.3) is 0 Å². The van der Waals surface area contributed by atoms with E-state index in [2.05, 4.69) is 14.7 Å². The first-order valence-corrected chi connectivity index (χ1v) is 7.41. The fraction of sp³-hybridized carbons (Fsp3) is 0.231. The van der Waals surface area contributed by atoms with Crippen molar-refractivity contribution in [2.75, 3.05) is 7.11 Å². The van der Waals surface area contributed by atoms with Gasteiger partial charge in [0.25, 0.3) is 0 Å². The molecule has 106 valence electrons. The van der Waals surface area contributed by atoms with Gasteiger partial charge in [0.1, 0.15) is 4.90 Å². The molecule has 1 N–H and O–H groups in total. The number of aryl methyl sites for hydroxylation is 1. The van der Waals surface area contributed by atoms with Gasteiger partial charge in [-0.15, -0.1) is 0 Å². The van der Waals surface area contributed by atoms with Gasteiger partial charge in [-0.3, -0.25) is 4.98 Å². The SMILES string of the molecule is COc1ccc(CNS(=O)(=O)c2ccc(C)nc2)cn1. The van der Waals surface area contributed by atoms with Crippen molar-refractivity contribution in [3.63, 3.8) is 0 Å². The number of aromatic nitrogens is 2. The fourth-order valence-corrected chi connectivity index (χ4v) is 2.47. The van der Waals surface area contributed by atoms with Crippen molar-refractivity contribution < 1.29 is 13.2 Å². The Morgan fingerprint density at radius 1 is 1.15 bits per heavy atom. The van der Waals surface area contributed by atoms with Gasteiger partial charge in [0.2, 0.25) is 15.9 Å². The second-order valence-electron chi connectivity index (χ2n) is 4.17. The predicted molar refractivity (Wildman–Crippen MR) is 73.8 cm³/mol. The number of pyridine rings is 2. The van der Waals surface area contributed by atoms with Crippen LogP contribution in [-0.2, 0) is 16.6 Å². The number of ether oxygens (including phenoxy) is 1. The monoisotopic (exact) mass is 293 g/mol. The highest BCUT2D eigenvalue weighted by Gasteiger charge is 2.13. The first-order valence-electron chi connectivity index (χ1n) is 5.92. The van der Waals surface area contributed by atoms with Gasteiger partial charge in [-0.1, -0.05) is 6.07 Å². The van der Waals surface area contributed by atoms with Crippen LogP contribution in [0.2, 0.25) is 0 Å². The number of hydrogen-bond acceptors (Lipinski definition) is 5. The molecule has 0 spiro atoms. The summed E-state index contributed by atoms with van der Waals surface area (Å²) in [7, 11) is -2.04. The quantitative estimate of drug-likeness (QED) is 0.898. The summed E-state index contributed by atoms with van der Waals surface area (Å²) in [5, 5.41) is 0. The molecule has 0 saturated heterocycles. The molecular formula is C13H15N3O3S. The van der Waals surface area contributed by atoms with Gasteiger partial charge in [0.15, 0.2) is 0 Å². The summed E-state index contributed by atoms with van der Waals surface area (Å²) in [5.74, 6) is 0.486. The van der Waals surface area contributed by atoms with Crippen LogP contribution in [0.15, 0.2) is 41.6 Å². The Bertz CT molecular complexity index is 667. The largest absolute Gasteiger partial charge is 0.481 e. The van der Waals surface area contributed by atoms with E-state index in [9.17, 15) is 8.42 Å². The summed E-state index contributed by atoms with van der Waals surface area (Å²) in [6.45, 7) is 1.96. The Hall–Kier alpha value is -1.99. The molecule has 2 heterocycles. The Morgan fingerprint density at radius 3 is 2.50 bits per heavy atom. The summed E-state index contributed by atoms with van der Waals surface area (Å²) in [6, 6.07) is 6.61. The van der Waals surface area contributed by atoms with E-state index in [0.29, 0.717) is 5.88 Å². The Morgan fingerprint density at radius 2 is 1.95 bits per heavy atom. The normalized spacial score (nSPS) is 11.3. The van der Waals surface area contributed by atoms with Crippen molar-refractivity contribution in [1.29, 1.82) is 0 Å². The second kappa shape index (κ2) is 5.98. The van der Waals surface area contributed by atoms with Crippen LogP contribution in [0.1, 0.15) is 11.3 Å². The number of hydrogen-bond donors (Lipinski definition) is 1. The average molecular weight is 293 g/mol. The molecule has 2 aromatic heterocycles. The van der Waals surface area contributed by atoms with Crippen LogP contribution in [0, 0.1) is 6.92 Å². The molecule has 0 aliphatic carbocycles. The zero-order valence-electron chi connectivity index (χ0n) is 11.2. The molecule has 20 heavy (non-hydrogen) atoms. The smallest absolute Gasteiger partial charge is 0.242 e. The molecule has 0 fully saturated rings. The van der Waals surface area contributed by atoms with Crippen molar-refractivity contribution in [1.82, 2.24) is 14.7 Å². The van der Waals surface area contributed by atoms with Gasteiger partial charge in [-0.25, -0.2) is 18.1 Å². The molecule has 0 amide bonds. The molecule has 0 radical (unpaired) electrons. The lowest BCUT2D eigenvalue weighted by molar-refractivity contribution is 0.397. The molecule has 0 aromatic carbocycles. The van der Waals surface area contributed by atoms with Crippen LogP contribution >= 0.6 is 0 Å². The van der Waals surface area contributed by atoms with Gasteiger partial charge >= 0.3 is 0 Å². The summed E-state index contributed by atoms with van der Waals surface area (Å²) in [4.78, 5) is 8.13. The maximum atomic E-state index is 12.0. The highest BCUT2D eigenvalue weighted by molar-refractivity contribution is 7.89. The average Bonchev–Trinajstić information content (AvgIpc) is 2.46. The predicted octanol–water partition coefficient (Wildman–Crippen LogP) is 1.27. The van der Waals surface area contributed by atoms with E-state index in [4.69, 9.17) is 4.74 Å². The molecule has 0 bridgehead atoms. The number of rotatable bonds is 5. The molecule has 7 heteroatoms. The number of sulfonamides is 1. The van der Waals surface area contributed by atoms with E-state index in [1.165, 1.54) is 19.4 Å². The molecule has 0 aliphatic rings. The van der Waals surface area contributed by atoms with Crippen LogP contribution in [-0.4, -0.2) is 25.5 Å². The Balaban J connectivity index is 2.06. The van der Waals surface area contributed by atoms with Crippen LogP contribution in [0.3, 0.4) is 0 Å². The second-order valence-corrected chi connectivity index (χ2v) is 5.94. The summed E-state index contributed by atoms with van der Waals surface area (Å²) >= 11 is 0. The fourth-order valence-electron chi connectivity index (χ4n) is 1.51. The maximum absolute atomic E-state index is 12.0. The van der Waals surface area contributed by atoms with Crippen LogP contribution in [0.5, 0.6) is 5.88 Å². The van der Waals surface area contributed by atoms with Gasteiger partial charge in [-0.2, -0.15) is 0 Å². The third-order valence-electron chi connectivity index (χ3n) is 2.67. The molecule has 0 unspecified atom stereocenters. The first kappa shape index (κ1) is 14.4. The van der Waals surface area contributed by atoms with Crippen molar-refractivity contribution in [2.45, 2.75) is 18.4 Å². The van der Waals surface area contributed by atoms with E-state index in [1.54, 1.807) is 31.3 Å². The van der Waals surface area contributed by atoms with Gasteiger partial charge in [0.05, 0.1) is 7.11 Å². The van der Waals surface area contributed by atoms with Gasteiger partial charge in [0, 0.05) is 30.7 Å². The van der Waals surface area contributed by atoms with Crippen LogP contribution in [0.4, 0.5) is 0 Å². The zero-order valence-corrected chi connectivity index (χ0v) is 12.0. The number of nitrogens with one attached hydrogen (secondary N) is 1. The molecule has 2 rings (SSSR count). The minimum Gasteiger partial charge on any atom is -0.481 e. The summed E-state index contributed by atoms with van der Waals surface area (Å²) in [5.41, 5.74) is 1.51. The molecule has 0 saturated carbocycles. The first-order chi connectivity index (χ1) is 9.51. The maximum Gasteiger partial charge on any atom is 0.242 e. The van der Waals surface area contributed by atoms with E-state index >= 15 is 0 Å². The lowest BCUT2D eigenvalue weighted by Gasteiger charge is -2.07. The summed E-state index contributed by atoms with van der Waals surface area (Å²) in [6.07, 6.45) is 2.90. The van der Waals surface area contributed by atoms with E-state index < -0.39 is 10.0 Å². The highest BCUT2D eigenvalue weighted by Crippen LogP contribution is 2.10. The van der Waals surface area contributed by atoms with Crippen molar-refractivity contribution in [3.8, 4) is 5.88 Å². The van der Waals surface area contributed by atoms with Crippen LogP contribution < -0.4 is 9.46 Å². The van der Waals surface area contributed by atoms with E-state index in [0.717, 1.165) is 11.3 Å². The zero-order chi connectivity index (χ0) is 14.6. The minimum atomic E-state index is -3.56. The van der Waals surface area contributed by atoms with Gasteiger partial charge < -0.3 is 4.74 Å². The molecule has 2 aromatic rings.